The number of nitrogens with one attached hydrogen (secondary N) is 1. The molecule has 4 aromatic rings. The summed E-state index contributed by atoms with van der Waals surface area (Å²) >= 11 is 5.14. The summed E-state index contributed by atoms with van der Waals surface area (Å²) < 4.78 is 3.16. The van der Waals surface area contributed by atoms with Gasteiger partial charge in [-0.2, -0.15) is 5.10 Å². The van der Waals surface area contributed by atoms with Crippen LogP contribution in [-0.2, 0) is 11.3 Å². The van der Waals surface area contributed by atoms with Gasteiger partial charge in [0.15, 0.2) is 0 Å². The van der Waals surface area contributed by atoms with Crippen LogP contribution >= 0.6 is 27.7 Å². The molecule has 38 heavy (non-hydrogen) atoms. The van der Waals surface area contributed by atoms with Gasteiger partial charge in [-0.05, 0) is 61.4 Å². The zero-order valence-corrected chi connectivity index (χ0v) is 23.5. The van der Waals surface area contributed by atoms with E-state index in [9.17, 15) is 9.59 Å². The summed E-state index contributed by atoms with van der Waals surface area (Å²) in [6.07, 6.45) is 1.67. The molecule has 1 aliphatic rings. The maximum absolute atomic E-state index is 12.7. The second-order valence-electron chi connectivity index (χ2n) is 9.13. The first-order chi connectivity index (χ1) is 18.4. The number of rotatable bonds is 7. The Balaban J connectivity index is 1.24. The van der Waals surface area contributed by atoms with Crippen LogP contribution in [0.4, 0.5) is 0 Å². The van der Waals surface area contributed by atoms with Crippen molar-refractivity contribution in [1.29, 1.82) is 0 Å². The lowest BCUT2D eigenvalue weighted by Crippen LogP contribution is -2.27. The maximum atomic E-state index is 12.7. The number of thioether (sulfide) groups is 1. The van der Waals surface area contributed by atoms with Crippen LogP contribution in [0.3, 0.4) is 0 Å². The number of aryl methyl sites for hydroxylation is 1. The highest BCUT2D eigenvalue weighted by Gasteiger charge is 2.32. The molecule has 1 saturated heterocycles. The van der Waals surface area contributed by atoms with Gasteiger partial charge in [0, 0.05) is 39.2 Å². The molecule has 0 radical (unpaired) electrons. The molecule has 5 rings (SSSR count). The van der Waals surface area contributed by atoms with Gasteiger partial charge in [-0.1, -0.05) is 64.5 Å². The van der Waals surface area contributed by atoms with Crippen molar-refractivity contribution >= 4 is 45.7 Å². The number of amides is 2. The fraction of sp³-hybridized carbons (Fsp3) is 0.167. The van der Waals surface area contributed by atoms with E-state index in [0.717, 1.165) is 38.2 Å². The number of hydrogen-bond donors (Lipinski definition) is 1. The molecule has 2 heterocycles. The highest BCUT2D eigenvalue weighted by molar-refractivity contribution is 9.10. The van der Waals surface area contributed by atoms with Crippen LogP contribution in [0.15, 0.2) is 94.5 Å². The number of aromatic nitrogens is 1. The van der Waals surface area contributed by atoms with Crippen molar-refractivity contribution in [2.24, 2.45) is 5.10 Å². The molecule has 0 saturated carbocycles. The summed E-state index contributed by atoms with van der Waals surface area (Å²) in [5, 5.41) is 4.14. The summed E-state index contributed by atoms with van der Waals surface area (Å²) in [6, 6.07) is 27.5. The van der Waals surface area contributed by atoms with Crippen LogP contribution < -0.4 is 5.43 Å². The standard InChI is InChI=1S/C30H27BrN4O2S/c1-20-15-25(21(2)35(20)27-10-6-9-26(31)16-27)17-32-33-29(37)23-11-13-24(14-12-23)30-34(28(36)19-38-30)18-22-7-4-3-5-8-22/h3-17,30H,18-19H2,1-2H3,(H,33,37)/b32-17+. The van der Waals surface area contributed by atoms with Crippen LogP contribution in [0.1, 0.15) is 43.8 Å². The third-order valence-corrected chi connectivity index (χ3v) is 8.28. The Bertz CT molecular complexity index is 1500. The van der Waals surface area contributed by atoms with Crippen LogP contribution in [0, 0.1) is 13.8 Å². The topological polar surface area (TPSA) is 66.7 Å². The number of carbonyl (C=O) groups is 2. The number of nitrogens with zero attached hydrogens (tertiary/aromatic N) is 3. The molecule has 6 nitrogen and oxygen atoms in total. The van der Waals surface area contributed by atoms with E-state index in [4.69, 9.17) is 0 Å². The minimum absolute atomic E-state index is 0.0710. The lowest BCUT2D eigenvalue weighted by atomic mass is 10.1. The van der Waals surface area contributed by atoms with Crippen LogP contribution in [-0.4, -0.2) is 33.2 Å². The van der Waals surface area contributed by atoms with Crippen molar-refractivity contribution in [3.05, 3.63) is 123 Å². The average Bonchev–Trinajstić information content (AvgIpc) is 3.42. The minimum Gasteiger partial charge on any atom is -0.322 e. The number of hydrogen-bond acceptors (Lipinski definition) is 4. The second-order valence-corrected chi connectivity index (χ2v) is 11.1. The predicted molar refractivity (Wildman–Crippen MR) is 157 cm³/mol. The first kappa shape index (κ1) is 26.0. The molecule has 1 fully saturated rings. The Labute approximate surface area is 234 Å². The fourth-order valence-electron chi connectivity index (χ4n) is 4.64. The molecular formula is C30H27BrN4O2S. The molecule has 8 heteroatoms. The van der Waals surface area contributed by atoms with Gasteiger partial charge in [0.25, 0.3) is 5.91 Å². The van der Waals surface area contributed by atoms with E-state index in [1.165, 1.54) is 0 Å². The first-order valence-electron chi connectivity index (χ1n) is 12.2. The van der Waals surface area contributed by atoms with Gasteiger partial charge in [0.1, 0.15) is 5.37 Å². The van der Waals surface area contributed by atoms with Gasteiger partial charge in [0.2, 0.25) is 5.91 Å². The average molecular weight is 588 g/mol. The summed E-state index contributed by atoms with van der Waals surface area (Å²) in [6.45, 7) is 4.64. The normalized spacial score (nSPS) is 15.4. The molecule has 1 aromatic heterocycles. The number of halogens is 1. The molecule has 1 unspecified atom stereocenters. The second kappa shape index (κ2) is 11.4. The Morgan fingerprint density at radius 3 is 2.55 bits per heavy atom. The van der Waals surface area contributed by atoms with E-state index < -0.39 is 0 Å². The molecule has 1 atom stereocenters. The van der Waals surface area contributed by atoms with E-state index in [-0.39, 0.29) is 17.2 Å². The summed E-state index contributed by atoms with van der Waals surface area (Å²) in [7, 11) is 0. The molecule has 0 spiro atoms. The number of hydrazone groups is 1. The van der Waals surface area contributed by atoms with Gasteiger partial charge in [-0.15, -0.1) is 11.8 Å². The molecule has 2 amide bonds. The molecule has 0 bridgehead atoms. The Kier molecular flexibility index (Phi) is 7.81. The molecular weight excluding hydrogens is 560 g/mol. The van der Waals surface area contributed by atoms with Crippen LogP contribution in [0.2, 0.25) is 0 Å². The summed E-state index contributed by atoms with van der Waals surface area (Å²) in [5.74, 6) is 0.292. The Morgan fingerprint density at radius 1 is 1.05 bits per heavy atom. The lowest BCUT2D eigenvalue weighted by Gasteiger charge is -2.24. The SMILES string of the molecule is Cc1cc(/C=N/NC(=O)c2ccc(C3SCC(=O)N3Cc3ccccc3)cc2)c(C)n1-c1cccc(Br)c1. The number of carbonyl (C=O) groups excluding carboxylic acids is 2. The van der Waals surface area contributed by atoms with Gasteiger partial charge in [-0.25, -0.2) is 5.43 Å². The van der Waals surface area contributed by atoms with Crippen LogP contribution in [0.25, 0.3) is 5.69 Å². The zero-order valence-electron chi connectivity index (χ0n) is 21.1. The van der Waals surface area contributed by atoms with E-state index >= 15 is 0 Å². The predicted octanol–water partition coefficient (Wildman–Crippen LogP) is 6.39. The van der Waals surface area contributed by atoms with Crippen molar-refractivity contribution in [2.75, 3.05) is 5.75 Å². The van der Waals surface area contributed by atoms with E-state index in [1.807, 2.05) is 79.4 Å². The van der Waals surface area contributed by atoms with Crippen LogP contribution in [0.5, 0.6) is 0 Å². The van der Waals surface area contributed by atoms with Crippen molar-refractivity contribution in [3.8, 4) is 5.69 Å². The summed E-state index contributed by atoms with van der Waals surface area (Å²) in [5.41, 5.74) is 9.34. The quantitative estimate of drug-likeness (QED) is 0.201. The van der Waals surface area contributed by atoms with Crippen molar-refractivity contribution in [2.45, 2.75) is 25.8 Å². The molecule has 1 N–H and O–H groups in total. The van der Waals surface area contributed by atoms with Crippen molar-refractivity contribution < 1.29 is 9.59 Å². The van der Waals surface area contributed by atoms with Gasteiger partial charge < -0.3 is 9.47 Å². The summed E-state index contributed by atoms with van der Waals surface area (Å²) in [4.78, 5) is 27.2. The third-order valence-electron chi connectivity index (χ3n) is 6.53. The monoisotopic (exact) mass is 586 g/mol. The van der Waals surface area contributed by atoms with Gasteiger partial charge in [-0.3, -0.25) is 9.59 Å². The zero-order chi connectivity index (χ0) is 26.6. The Morgan fingerprint density at radius 2 is 1.82 bits per heavy atom. The highest BCUT2D eigenvalue weighted by Crippen LogP contribution is 2.39. The molecule has 1 aliphatic heterocycles. The fourth-order valence-corrected chi connectivity index (χ4v) is 6.21. The lowest BCUT2D eigenvalue weighted by molar-refractivity contribution is -0.128. The largest absolute Gasteiger partial charge is 0.322 e. The van der Waals surface area contributed by atoms with E-state index in [2.05, 4.69) is 43.2 Å². The van der Waals surface area contributed by atoms with E-state index in [0.29, 0.717) is 17.9 Å². The smallest absolute Gasteiger partial charge is 0.271 e. The van der Waals surface area contributed by atoms with Crippen molar-refractivity contribution in [3.63, 3.8) is 0 Å². The Hall–Kier alpha value is -3.62. The van der Waals surface area contributed by atoms with Crippen molar-refractivity contribution in [1.82, 2.24) is 14.9 Å². The van der Waals surface area contributed by atoms with Gasteiger partial charge >= 0.3 is 0 Å². The highest BCUT2D eigenvalue weighted by atomic mass is 79.9. The number of benzene rings is 3. The van der Waals surface area contributed by atoms with Gasteiger partial charge in [0.05, 0.1) is 12.0 Å². The third kappa shape index (κ3) is 5.61. The molecule has 192 valence electrons. The molecule has 0 aliphatic carbocycles. The maximum Gasteiger partial charge on any atom is 0.271 e. The molecule has 3 aromatic carbocycles. The minimum atomic E-state index is -0.287. The van der Waals surface area contributed by atoms with E-state index in [1.54, 1.807) is 30.1 Å². The first-order valence-corrected chi connectivity index (χ1v) is 14.1.